The molecule has 0 amide bonds. The van der Waals surface area contributed by atoms with E-state index in [1.54, 1.807) is 30.3 Å². The summed E-state index contributed by atoms with van der Waals surface area (Å²) in [6, 6.07) is 23.8. The minimum Gasteiger partial charge on any atom is -0.423 e. The number of aromatic nitrogens is 1. The number of halogens is 2. The predicted molar refractivity (Wildman–Crippen MR) is 111 cm³/mol. The minimum absolute atomic E-state index is 0.425. The van der Waals surface area contributed by atoms with E-state index in [9.17, 15) is 4.79 Å². The molecule has 0 atom stereocenters. The SMILES string of the molecule is O=C(Oc1ccc(Br)cc1)c1cc(-c2ccc(Cl)cc2)nc2ccccc12. The maximum Gasteiger partial charge on any atom is 0.344 e. The molecule has 0 spiro atoms. The van der Waals surface area contributed by atoms with E-state index < -0.39 is 5.97 Å². The lowest BCUT2D eigenvalue weighted by Gasteiger charge is -2.10. The molecule has 0 unspecified atom stereocenters. The van der Waals surface area contributed by atoms with Crippen molar-refractivity contribution < 1.29 is 9.53 Å². The number of esters is 1. The summed E-state index contributed by atoms with van der Waals surface area (Å²) in [5, 5.41) is 1.40. The molecule has 0 fully saturated rings. The third-order valence-electron chi connectivity index (χ3n) is 4.10. The van der Waals surface area contributed by atoms with Crippen LogP contribution >= 0.6 is 27.5 Å². The Morgan fingerprint density at radius 3 is 2.37 bits per heavy atom. The Hall–Kier alpha value is -2.69. The number of carbonyl (C=O) groups excluding carboxylic acids is 1. The van der Waals surface area contributed by atoms with E-state index in [4.69, 9.17) is 16.3 Å². The molecule has 0 aliphatic heterocycles. The minimum atomic E-state index is -0.425. The van der Waals surface area contributed by atoms with Gasteiger partial charge in [0.2, 0.25) is 0 Å². The summed E-state index contributed by atoms with van der Waals surface area (Å²) in [6.07, 6.45) is 0. The first-order valence-electron chi connectivity index (χ1n) is 8.23. The predicted octanol–water partition coefficient (Wildman–Crippen LogP) is 6.54. The lowest BCUT2D eigenvalue weighted by molar-refractivity contribution is 0.0737. The van der Waals surface area contributed by atoms with Gasteiger partial charge in [0.1, 0.15) is 5.75 Å². The van der Waals surface area contributed by atoms with Crippen molar-refractivity contribution in [3.05, 3.63) is 93.9 Å². The third-order valence-corrected chi connectivity index (χ3v) is 4.88. The summed E-state index contributed by atoms with van der Waals surface area (Å²) in [6.45, 7) is 0. The van der Waals surface area contributed by atoms with Crippen molar-refractivity contribution in [2.75, 3.05) is 0 Å². The zero-order valence-corrected chi connectivity index (χ0v) is 16.4. The second kappa shape index (κ2) is 7.51. The smallest absolute Gasteiger partial charge is 0.344 e. The van der Waals surface area contributed by atoms with Crippen molar-refractivity contribution >= 4 is 44.4 Å². The lowest BCUT2D eigenvalue weighted by atomic mass is 10.0. The first-order valence-corrected chi connectivity index (χ1v) is 9.41. The molecule has 3 aromatic carbocycles. The van der Waals surface area contributed by atoms with Crippen molar-refractivity contribution in [1.29, 1.82) is 0 Å². The van der Waals surface area contributed by atoms with Gasteiger partial charge in [-0.1, -0.05) is 57.9 Å². The van der Waals surface area contributed by atoms with Crippen molar-refractivity contribution in [2.24, 2.45) is 0 Å². The second-order valence-electron chi connectivity index (χ2n) is 5.92. The van der Waals surface area contributed by atoms with Crippen LogP contribution in [-0.2, 0) is 0 Å². The zero-order chi connectivity index (χ0) is 18.8. The Morgan fingerprint density at radius 1 is 0.926 bits per heavy atom. The fraction of sp³-hybridized carbons (Fsp3) is 0. The number of benzene rings is 3. The zero-order valence-electron chi connectivity index (χ0n) is 14.0. The normalized spacial score (nSPS) is 10.7. The van der Waals surface area contributed by atoms with E-state index >= 15 is 0 Å². The van der Waals surface area contributed by atoms with Gasteiger partial charge in [0, 0.05) is 20.4 Å². The highest BCUT2D eigenvalue weighted by atomic mass is 79.9. The fourth-order valence-corrected chi connectivity index (χ4v) is 3.17. The monoisotopic (exact) mass is 437 g/mol. The Kier molecular flexibility index (Phi) is 4.92. The maximum absolute atomic E-state index is 12.9. The van der Waals surface area contributed by atoms with Crippen molar-refractivity contribution in [1.82, 2.24) is 4.98 Å². The number of hydrogen-bond donors (Lipinski definition) is 0. The van der Waals surface area contributed by atoms with Crippen molar-refractivity contribution in [3.8, 4) is 17.0 Å². The van der Waals surface area contributed by atoms with Crippen molar-refractivity contribution in [3.63, 3.8) is 0 Å². The van der Waals surface area contributed by atoms with Crippen LogP contribution in [0.25, 0.3) is 22.2 Å². The first-order chi connectivity index (χ1) is 13.1. The number of pyridine rings is 1. The van der Waals surface area contributed by atoms with Gasteiger partial charge in [-0.25, -0.2) is 9.78 Å². The molecular weight excluding hydrogens is 426 g/mol. The molecular formula is C22H13BrClNO2. The Labute approximate surface area is 169 Å². The molecule has 0 aliphatic rings. The van der Waals surface area contributed by atoms with Crippen molar-refractivity contribution in [2.45, 2.75) is 0 Å². The standard InChI is InChI=1S/C22H13BrClNO2/c23-15-7-11-17(12-8-15)27-22(26)19-13-21(14-5-9-16(24)10-6-14)25-20-4-2-1-3-18(19)20/h1-13H. The first kappa shape index (κ1) is 17.7. The molecule has 4 aromatic rings. The van der Waals surface area contributed by atoms with Crippen LogP contribution in [0.15, 0.2) is 83.3 Å². The largest absolute Gasteiger partial charge is 0.423 e. The van der Waals surface area contributed by atoms with E-state index in [0.717, 1.165) is 20.9 Å². The van der Waals surface area contributed by atoms with Crippen LogP contribution in [0, 0.1) is 0 Å². The average molecular weight is 439 g/mol. The second-order valence-corrected chi connectivity index (χ2v) is 7.27. The van der Waals surface area contributed by atoms with Gasteiger partial charge < -0.3 is 4.74 Å². The van der Waals surface area contributed by atoms with Gasteiger partial charge in [-0.05, 0) is 48.5 Å². The number of nitrogens with zero attached hydrogens (tertiary/aromatic N) is 1. The van der Waals surface area contributed by atoms with Gasteiger partial charge in [-0.3, -0.25) is 0 Å². The molecule has 132 valence electrons. The van der Waals surface area contributed by atoms with Crippen LogP contribution in [0.4, 0.5) is 0 Å². The topological polar surface area (TPSA) is 39.2 Å². The van der Waals surface area contributed by atoms with E-state index in [2.05, 4.69) is 20.9 Å². The van der Waals surface area contributed by atoms with Gasteiger partial charge in [0.25, 0.3) is 0 Å². The molecule has 27 heavy (non-hydrogen) atoms. The van der Waals surface area contributed by atoms with Crippen LogP contribution < -0.4 is 4.74 Å². The summed E-state index contributed by atoms with van der Waals surface area (Å²) in [5.41, 5.74) is 2.76. The molecule has 0 saturated carbocycles. The molecule has 1 aromatic heterocycles. The van der Waals surface area contributed by atoms with E-state index in [1.807, 2.05) is 48.5 Å². The number of carbonyl (C=O) groups is 1. The van der Waals surface area contributed by atoms with Gasteiger partial charge in [0.15, 0.2) is 0 Å². The average Bonchev–Trinajstić information content (AvgIpc) is 2.69. The molecule has 0 N–H and O–H groups in total. The molecule has 0 radical (unpaired) electrons. The Morgan fingerprint density at radius 2 is 1.63 bits per heavy atom. The highest BCUT2D eigenvalue weighted by Gasteiger charge is 2.16. The number of hydrogen-bond acceptors (Lipinski definition) is 3. The molecule has 1 heterocycles. The maximum atomic E-state index is 12.9. The third kappa shape index (κ3) is 3.87. The summed E-state index contributed by atoms with van der Waals surface area (Å²) < 4.78 is 6.48. The molecule has 4 rings (SSSR count). The van der Waals surface area contributed by atoms with Crippen LogP contribution in [-0.4, -0.2) is 11.0 Å². The highest BCUT2D eigenvalue weighted by molar-refractivity contribution is 9.10. The van der Waals surface area contributed by atoms with Crippen LogP contribution in [0.1, 0.15) is 10.4 Å². The van der Waals surface area contributed by atoms with Gasteiger partial charge in [-0.2, -0.15) is 0 Å². The summed E-state index contributed by atoms with van der Waals surface area (Å²) >= 11 is 9.35. The lowest BCUT2D eigenvalue weighted by Crippen LogP contribution is -2.10. The summed E-state index contributed by atoms with van der Waals surface area (Å²) in [4.78, 5) is 17.5. The van der Waals surface area contributed by atoms with E-state index in [1.165, 1.54) is 0 Å². The van der Waals surface area contributed by atoms with E-state index in [0.29, 0.717) is 22.0 Å². The Balaban J connectivity index is 1.79. The van der Waals surface area contributed by atoms with E-state index in [-0.39, 0.29) is 0 Å². The highest BCUT2D eigenvalue weighted by Crippen LogP contribution is 2.27. The van der Waals surface area contributed by atoms with Crippen LogP contribution in [0.5, 0.6) is 5.75 Å². The van der Waals surface area contributed by atoms with Gasteiger partial charge >= 0.3 is 5.97 Å². The quantitative estimate of drug-likeness (QED) is 0.269. The summed E-state index contributed by atoms with van der Waals surface area (Å²) in [5.74, 6) is 0.0586. The molecule has 5 heteroatoms. The summed E-state index contributed by atoms with van der Waals surface area (Å²) in [7, 11) is 0. The fourth-order valence-electron chi connectivity index (χ4n) is 2.78. The number of rotatable bonds is 3. The number of fused-ring (bicyclic) bond motifs is 1. The Bertz CT molecular complexity index is 1130. The molecule has 0 bridgehead atoms. The number of ether oxygens (including phenoxy) is 1. The van der Waals surface area contributed by atoms with Crippen LogP contribution in [0.2, 0.25) is 5.02 Å². The van der Waals surface area contributed by atoms with Gasteiger partial charge in [0.05, 0.1) is 16.8 Å². The van der Waals surface area contributed by atoms with Crippen LogP contribution in [0.3, 0.4) is 0 Å². The van der Waals surface area contributed by atoms with Gasteiger partial charge in [-0.15, -0.1) is 0 Å². The molecule has 0 saturated heterocycles. The number of para-hydroxylation sites is 1. The molecule has 0 aliphatic carbocycles. The molecule has 3 nitrogen and oxygen atoms in total.